The summed E-state index contributed by atoms with van der Waals surface area (Å²) < 4.78 is 39.1. The number of sulfonamides is 1. The second-order valence-corrected chi connectivity index (χ2v) is 7.66. The van der Waals surface area contributed by atoms with Gasteiger partial charge in [0.15, 0.2) is 10.2 Å². The fourth-order valence-corrected chi connectivity index (χ4v) is 4.27. The van der Waals surface area contributed by atoms with Gasteiger partial charge < -0.3 is 0 Å². The molecule has 0 saturated carbocycles. The molecule has 1 heterocycles. The van der Waals surface area contributed by atoms with E-state index in [-0.39, 0.29) is 15.0 Å². The van der Waals surface area contributed by atoms with Crippen molar-refractivity contribution in [3.63, 3.8) is 0 Å². The molecule has 0 amide bonds. The molecule has 1 N–H and O–H groups in total. The smallest absolute Gasteiger partial charge is 0.276 e. The van der Waals surface area contributed by atoms with Crippen molar-refractivity contribution >= 4 is 55.9 Å². The average molecular weight is 371 g/mol. The monoisotopic (exact) mass is 370 g/mol. The number of nitro groups is 1. The van der Waals surface area contributed by atoms with Gasteiger partial charge in [-0.1, -0.05) is 29.3 Å². The van der Waals surface area contributed by atoms with Crippen LogP contribution in [0.1, 0.15) is 0 Å². The van der Waals surface area contributed by atoms with Crippen molar-refractivity contribution in [1.29, 1.82) is 0 Å². The third-order valence-electron chi connectivity index (χ3n) is 2.30. The van der Waals surface area contributed by atoms with E-state index in [4.69, 9.17) is 23.2 Å². The molecule has 0 unspecified atom stereocenters. The van der Waals surface area contributed by atoms with Crippen LogP contribution in [0.2, 0.25) is 9.36 Å². The molecule has 0 radical (unpaired) electrons. The van der Waals surface area contributed by atoms with Gasteiger partial charge in [-0.3, -0.25) is 14.8 Å². The molecule has 0 aliphatic rings. The van der Waals surface area contributed by atoms with Crippen molar-refractivity contribution in [2.24, 2.45) is 0 Å². The summed E-state index contributed by atoms with van der Waals surface area (Å²) in [5.41, 5.74) is -0.900. The Bertz CT molecular complexity index is 822. The molecule has 11 heteroatoms. The van der Waals surface area contributed by atoms with Gasteiger partial charge in [-0.05, 0) is 12.1 Å². The number of halogens is 3. The summed E-state index contributed by atoms with van der Waals surface area (Å²) >= 11 is 11.6. The fraction of sp³-hybridized carbons (Fsp3) is 0. The maximum atomic E-state index is 13.7. The fourth-order valence-electron chi connectivity index (χ4n) is 1.37. The standard InChI is InChI=1S/C10H5Cl2FN2O4S2/c11-5-2-1-3-6(9(5)13)14-21(18,19)8-4-7(15(16)17)10(12)20-8/h1-4,14H. The molecule has 1 aromatic carbocycles. The van der Waals surface area contributed by atoms with E-state index in [1.54, 1.807) is 0 Å². The van der Waals surface area contributed by atoms with Gasteiger partial charge in [0, 0.05) is 6.07 Å². The predicted molar refractivity (Wildman–Crippen MR) is 78.2 cm³/mol. The summed E-state index contributed by atoms with van der Waals surface area (Å²) in [5.74, 6) is -0.945. The Morgan fingerprint density at radius 1 is 1.33 bits per heavy atom. The Labute approximate surface area is 132 Å². The first kappa shape index (κ1) is 16.0. The number of benzene rings is 1. The highest BCUT2D eigenvalue weighted by Gasteiger charge is 2.26. The lowest BCUT2D eigenvalue weighted by Crippen LogP contribution is -2.12. The van der Waals surface area contributed by atoms with E-state index in [1.165, 1.54) is 18.2 Å². The van der Waals surface area contributed by atoms with Crippen molar-refractivity contribution in [3.05, 3.63) is 49.6 Å². The quantitative estimate of drug-likeness (QED) is 0.652. The summed E-state index contributed by atoms with van der Waals surface area (Å²) in [7, 11) is -4.21. The SMILES string of the molecule is O=[N+]([O-])c1cc(S(=O)(=O)Nc2cccc(Cl)c2F)sc1Cl. The van der Waals surface area contributed by atoms with E-state index in [9.17, 15) is 22.9 Å². The summed E-state index contributed by atoms with van der Waals surface area (Å²) in [6, 6.07) is 4.58. The lowest BCUT2D eigenvalue weighted by Gasteiger charge is -2.07. The van der Waals surface area contributed by atoms with E-state index >= 15 is 0 Å². The van der Waals surface area contributed by atoms with Crippen molar-refractivity contribution < 1.29 is 17.7 Å². The summed E-state index contributed by atoms with van der Waals surface area (Å²) in [6.07, 6.45) is 0. The number of nitrogens with one attached hydrogen (secondary N) is 1. The topological polar surface area (TPSA) is 89.3 Å². The van der Waals surface area contributed by atoms with Crippen LogP contribution in [0.4, 0.5) is 15.8 Å². The Morgan fingerprint density at radius 3 is 2.57 bits per heavy atom. The zero-order valence-electron chi connectivity index (χ0n) is 9.84. The normalized spacial score (nSPS) is 11.4. The van der Waals surface area contributed by atoms with Gasteiger partial charge in [-0.2, -0.15) is 0 Å². The minimum atomic E-state index is -4.21. The molecular formula is C10H5Cl2FN2O4S2. The van der Waals surface area contributed by atoms with Crippen LogP contribution in [0.15, 0.2) is 28.5 Å². The molecule has 2 rings (SSSR count). The summed E-state index contributed by atoms with van der Waals surface area (Å²) in [6.45, 7) is 0. The zero-order chi connectivity index (χ0) is 15.8. The van der Waals surface area contributed by atoms with E-state index in [0.717, 1.165) is 6.07 Å². The highest BCUT2D eigenvalue weighted by molar-refractivity contribution is 7.94. The molecule has 0 bridgehead atoms. The van der Waals surface area contributed by atoms with Gasteiger partial charge >= 0.3 is 0 Å². The van der Waals surface area contributed by atoms with Gasteiger partial charge in [-0.15, -0.1) is 11.3 Å². The van der Waals surface area contributed by atoms with Crippen LogP contribution in [0.25, 0.3) is 0 Å². The molecule has 21 heavy (non-hydrogen) atoms. The highest BCUT2D eigenvalue weighted by Crippen LogP contribution is 2.37. The Morgan fingerprint density at radius 2 is 2.00 bits per heavy atom. The van der Waals surface area contributed by atoms with Gasteiger partial charge in [0.05, 0.1) is 15.6 Å². The molecular weight excluding hydrogens is 366 g/mol. The van der Waals surface area contributed by atoms with Gasteiger partial charge in [0.1, 0.15) is 4.21 Å². The van der Waals surface area contributed by atoms with Crippen LogP contribution in [0, 0.1) is 15.9 Å². The summed E-state index contributed by atoms with van der Waals surface area (Å²) in [5, 5.41) is 10.4. The second kappa shape index (κ2) is 5.76. The Balaban J connectivity index is 2.41. The van der Waals surface area contributed by atoms with Gasteiger partial charge in [0.2, 0.25) is 0 Å². The highest BCUT2D eigenvalue weighted by atomic mass is 35.5. The third kappa shape index (κ3) is 3.26. The number of thiophene rings is 1. The predicted octanol–water partition coefficient (Wildman–Crippen LogP) is 3.90. The van der Waals surface area contributed by atoms with Crippen molar-refractivity contribution in [1.82, 2.24) is 0 Å². The van der Waals surface area contributed by atoms with E-state index in [2.05, 4.69) is 0 Å². The first-order valence-corrected chi connectivity index (χ1v) is 8.18. The molecule has 0 spiro atoms. The second-order valence-electron chi connectivity index (χ2n) is 3.69. The molecule has 0 atom stereocenters. The number of hydrogen-bond acceptors (Lipinski definition) is 5. The maximum absolute atomic E-state index is 13.7. The van der Waals surface area contributed by atoms with Gasteiger partial charge in [0.25, 0.3) is 15.7 Å². The van der Waals surface area contributed by atoms with E-state index < -0.39 is 30.7 Å². The zero-order valence-corrected chi connectivity index (χ0v) is 13.0. The molecule has 0 saturated heterocycles. The molecule has 2 aromatic rings. The Hall–Kier alpha value is -1.42. The Kier molecular flexibility index (Phi) is 4.38. The lowest BCUT2D eigenvalue weighted by atomic mass is 10.3. The lowest BCUT2D eigenvalue weighted by molar-refractivity contribution is -0.384. The van der Waals surface area contributed by atoms with Crippen LogP contribution in [0.5, 0.6) is 0 Å². The molecule has 0 aliphatic heterocycles. The third-order valence-corrected chi connectivity index (χ3v) is 5.77. The number of rotatable bonds is 4. The number of nitrogens with zero attached hydrogens (tertiary/aromatic N) is 1. The molecule has 112 valence electrons. The maximum Gasteiger partial charge on any atom is 0.300 e. The first-order valence-electron chi connectivity index (χ1n) is 5.13. The van der Waals surface area contributed by atoms with Crippen LogP contribution in [0.3, 0.4) is 0 Å². The molecule has 0 fully saturated rings. The minimum absolute atomic E-state index is 0.259. The largest absolute Gasteiger partial charge is 0.300 e. The van der Waals surface area contributed by atoms with Crippen LogP contribution < -0.4 is 4.72 Å². The van der Waals surface area contributed by atoms with Crippen LogP contribution in [-0.2, 0) is 10.0 Å². The minimum Gasteiger partial charge on any atom is -0.276 e. The van der Waals surface area contributed by atoms with Crippen molar-refractivity contribution in [3.8, 4) is 0 Å². The first-order chi connectivity index (χ1) is 9.72. The van der Waals surface area contributed by atoms with E-state index in [0.29, 0.717) is 11.3 Å². The summed E-state index contributed by atoms with van der Waals surface area (Å²) in [4.78, 5) is 9.85. The van der Waals surface area contributed by atoms with Gasteiger partial charge in [-0.25, -0.2) is 12.8 Å². The van der Waals surface area contributed by atoms with Crippen molar-refractivity contribution in [2.45, 2.75) is 4.21 Å². The van der Waals surface area contributed by atoms with E-state index in [1.807, 2.05) is 4.72 Å². The number of hydrogen-bond donors (Lipinski definition) is 1. The van der Waals surface area contributed by atoms with Crippen molar-refractivity contribution in [2.75, 3.05) is 4.72 Å². The molecule has 1 aromatic heterocycles. The number of anilines is 1. The average Bonchev–Trinajstić information content (AvgIpc) is 2.78. The van der Waals surface area contributed by atoms with Crippen LogP contribution in [-0.4, -0.2) is 13.3 Å². The molecule has 6 nitrogen and oxygen atoms in total. The molecule has 0 aliphatic carbocycles. The van der Waals surface area contributed by atoms with Crippen LogP contribution >= 0.6 is 34.5 Å².